The van der Waals surface area contributed by atoms with Crippen molar-refractivity contribution in [3.8, 4) is 0 Å². The van der Waals surface area contributed by atoms with Crippen molar-refractivity contribution in [2.75, 3.05) is 20.6 Å². The van der Waals surface area contributed by atoms with Gasteiger partial charge in [0.2, 0.25) is 0 Å². The summed E-state index contributed by atoms with van der Waals surface area (Å²) in [5.74, 6) is -0.823. The Balaban J connectivity index is 2.18. The Morgan fingerprint density at radius 3 is 2.63 bits per heavy atom. The van der Waals surface area contributed by atoms with Crippen LogP contribution in [0.5, 0.6) is 0 Å². The predicted octanol–water partition coefficient (Wildman–Crippen LogP) is 4.23. The Morgan fingerprint density at radius 1 is 1.26 bits per heavy atom. The molecule has 27 heavy (non-hydrogen) atoms. The molecule has 1 heterocycles. The first-order valence-corrected chi connectivity index (χ1v) is 9.88. The molecule has 1 aliphatic rings. The highest BCUT2D eigenvalue weighted by molar-refractivity contribution is 7.14. The number of hydrogen-bond donors (Lipinski definition) is 1. The number of aliphatic carboxylic acids is 1. The van der Waals surface area contributed by atoms with Crippen molar-refractivity contribution in [1.82, 2.24) is 4.90 Å². The summed E-state index contributed by atoms with van der Waals surface area (Å²) in [6, 6.07) is 9.92. The second-order valence-electron chi connectivity index (χ2n) is 7.75. The van der Waals surface area contributed by atoms with Gasteiger partial charge in [0.15, 0.2) is 5.78 Å². The molecule has 5 heteroatoms. The van der Waals surface area contributed by atoms with E-state index in [9.17, 15) is 14.7 Å². The minimum Gasteiger partial charge on any atom is -0.481 e. The first-order valence-electron chi connectivity index (χ1n) is 9.06. The first kappa shape index (κ1) is 19.5. The van der Waals surface area contributed by atoms with E-state index >= 15 is 0 Å². The Labute approximate surface area is 164 Å². The highest BCUT2D eigenvalue weighted by Gasteiger charge is 2.35. The van der Waals surface area contributed by atoms with Crippen LogP contribution in [0.4, 0.5) is 0 Å². The number of thiophene rings is 1. The highest BCUT2D eigenvalue weighted by atomic mass is 32.1. The molecule has 0 fully saturated rings. The number of Topliss-reactive ketones (excluding diaryl/α,β-unsaturated/α-hetero) is 1. The second kappa shape index (κ2) is 7.41. The maximum Gasteiger partial charge on any atom is 0.314 e. The van der Waals surface area contributed by atoms with Crippen LogP contribution in [0, 0.1) is 0 Å². The van der Waals surface area contributed by atoms with E-state index in [1.807, 2.05) is 38.4 Å². The summed E-state index contributed by atoms with van der Waals surface area (Å²) in [6.07, 6.45) is 3.39. The van der Waals surface area contributed by atoms with Crippen LogP contribution in [-0.2, 0) is 16.6 Å². The lowest BCUT2D eigenvalue weighted by Crippen LogP contribution is -2.27. The average Bonchev–Trinajstić information content (AvgIpc) is 3.01. The van der Waals surface area contributed by atoms with Gasteiger partial charge in [-0.25, -0.2) is 0 Å². The van der Waals surface area contributed by atoms with E-state index in [1.54, 1.807) is 13.8 Å². The largest absolute Gasteiger partial charge is 0.481 e. The van der Waals surface area contributed by atoms with Crippen LogP contribution in [0.15, 0.2) is 36.4 Å². The lowest BCUT2D eigenvalue weighted by atomic mass is 9.89. The molecular weight excluding hydrogens is 358 g/mol. The normalized spacial score (nSPS) is 15.6. The minimum absolute atomic E-state index is 0.0610. The highest BCUT2D eigenvalue weighted by Crippen LogP contribution is 2.41. The predicted molar refractivity (Wildman–Crippen MR) is 110 cm³/mol. The number of benzene rings is 1. The van der Waals surface area contributed by atoms with Gasteiger partial charge in [0, 0.05) is 23.4 Å². The fraction of sp³-hybridized carbons (Fsp3) is 0.364. The smallest absolute Gasteiger partial charge is 0.314 e. The monoisotopic (exact) mass is 383 g/mol. The molecule has 0 amide bonds. The van der Waals surface area contributed by atoms with E-state index in [-0.39, 0.29) is 5.78 Å². The zero-order valence-corrected chi connectivity index (χ0v) is 17.0. The van der Waals surface area contributed by atoms with Crippen LogP contribution >= 0.6 is 11.3 Å². The van der Waals surface area contributed by atoms with Gasteiger partial charge in [-0.1, -0.05) is 30.3 Å². The molecule has 0 saturated carbocycles. The van der Waals surface area contributed by atoms with Crippen LogP contribution in [0.2, 0.25) is 0 Å². The number of carboxylic acid groups (broad SMARTS) is 1. The standard InChI is InChI=1S/C22H25NO3S/c1-22(2,21(25)26)19-13-17-16(10-7-11-23(3)4)15-9-6-5-8-14(15)12-18(24)20(17)27-19/h5-6,8-10,13H,7,11-12H2,1-4H3,(H,25,26)/b16-10+. The number of carbonyl (C=O) groups is 2. The molecule has 3 rings (SSSR count). The van der Waals surface area contributed by atoms with Crippen molar-refractivity contribution >= 4 is 28.7 Å². The van der Waals surface area contributed by atoms with Gasteiger partial charge < -0.3 is 10.0 Å². The number of nitrogens with zero attached hydrogens (tertiary/aromatic N) is 1. The molecule has 0 spiro atoms. The summed E-state index contributed by atoms with van der Waals surface area (Å²) >= 11 is 1.32. The fourth-order valence-corrected chi connectivity index (χ4v) is 4.44. The molecule has 0 radical (unpaired) electrons. The molecule has 142 valence electrons. The second-order valence-corrected chi connectivity index (χ2v) is 8.80. The molecule has 1 N–H and O–H groups in total. The number of rotatable bonds is 5. The van der Waals surface area contributed by atoms with Gasteiger partial charge in [0.25, 0.3) is 0 Å². The SMILES string of the molecule is CN(C)CC/C=C1\c2ccccc2CC(=O)c2sc(C(C)(C)C(=O)O)cc21. The first-order chi connectivity index (χ1) is 12.7. The third kappa shape index (κ3) is 3.75. The fourth-order valence-electron chi connectivity index (χ4n) is 3.23. The summed E-state index contributed by atoms with van der Waals surface area (Å²) in [5.41, 5.74) is 2.99. The van der Waals surface area contributed by atoms with Gasteiger partial charge in [-0.05, 0) is 57.1 Å². The van der Waals surface area contributed by atoms with Gasteiger partial charge in [-0.2, -0.15) is 0 Å². The molecule has 0 saturated heterocycles. The van der Waals surface area contributed by atoms with Crippen molar-refractivity contribution in [2.24, 2.45) is 0 Å². The summed E-state index contributed by atoms with van der Waals surface area (Å²) < 4.78 is 0. The van der Waals surface area contributed by atoms with Crippen molar-refractivity contribution in [2.45, 2.75) is 32.1 Å². The van der Waals surface area contributed by atoms with Gasteiger partial charge in [-0.3, -0.25) is 9.59 Å². The zero-order valence-electron chi connectivity index (χ0n) is 16.2. The van der Waals surface area contributed by atoms with Crippen LogP contribution in [0.25, 0.3) is 5.57 Å². The van der Waals surface area contributed by atoms with Crippen LogP contribution in [-0.4, -0.2) is 42.4 Å². The topological polar surface area (TPSA) is 57.6 Å². The Bertz CT molecular complexity index is 921. The molecular formula is C22H25NO3S. The van der Waals surface area contributed by atoms with E-state index in [2.05, 4.69) is 17.0 Å². The maximum absolute atomic E-state index is 12.9. The summed E-state index contributed by atoms with van der Waals surface area (Å²) in [6.45, 7) is 4.29. The van der Waals surface area contributed by atoms with Gasteiger partial charge >= 0.3 is 5.97 Å². The number of hydrogen-bond acceptors (Lipinski definition) is 4. The summed E-state index contributed by atoms with van der Waals surface area (Å²) in [7, 11) is 4.07. The molecule has 1 aliphatic carbocycles. The quantitative estimate of drug-likeness (QED) is 0.839. The molecule has 0 bridgehead atoms. The molecule has 0 aliphatic heterocycles. The lowest BCUT2D eigenvalue weighted by Gasteiger charge is -2.17. The molecule has 2 aromatic rings. The number of carboxylic acids is 1. The minimum atomic E-state index is -1.02. The van der Waals surface area contributed by atoms with Crippen molar-refractivity contribution in [3.63, 3.8) is 0 Å². The van der Waals surface area contributed by atoms with Crippen LogP contribution < -0.4 is 0 Å². The van der Waals surface area contributed by atoms with E-state index in [1.165, 1.54) is 11.3 Å². The third-order valence-corrected chi connectivity index (χ3v) is 6.51. The molecule has 4 nitrogen and oxygen atoms in total. The van der Waals surface area contributed by atoms with Gasteiger partial charge in [-0.15, -0.1) is 11.3 Å². The molecule has 0 unspecified atom stereocenters. The van der Waals surface area contributed by atoms with E-state index in [0.29, 0.717) is 16.2 Å². The van der Waals surface area contributed by atoms with Crippen molar-refractivity contribution in [1.29, 1.82) is 0 Å². The Morgan fingerprint density at radius 2 is 1.96 bits per heavy atom. The van der Waals surface area contributed by atoms with Gasteiger partial charge in [0.1, 0.15) is 0 Å². The molecule has 1 aromatic heterocycles. The third-order valence-electron chi connectivity index (χ3n) is 5.01. The summed E-state index contributed by atoms with van der Waals surface area (Å²) in [4.78, 5) is 28.2. The van der Waals surface area contributed by atoms with Crippen LogP contribution in [0.1, 0.15) is 51.5 Å². The van der Waals surface area contributed by atoms with Crippen molar-refractivity contribution < 1.29 is 14.7 Å². The number of carbonyl (C=O) groups excluding carboxylic acids is 1. The molecule has 1 aromatic carbocycles. The Kier molecular flexibility index (Phi) is 5.36. The van der Waals surface area contributed by atoms with Crippen molar-refractivity contribution in [3.05, 3.63) is 62.9 Å². The van der Waals surface area contributed by atoms with E-state index in [0.717, 1.165) is 35.2 Å². The number of fused-ring (bicyclic) bond motifs is 2. The van der Waals surface area contributed by atoms with E-state index in [4.69, 9.17) is 0 Å². The van der Waals surface area contributed by atoms with E-state index < -0.39 is 11.4 Å². The van der Waals surface area contributed by atoms with Crippen LogP contribution in [0.3, 0.4) is 0 Å². The molecule has 0 atom stereocenters. The number of ketones is 1. The Hall–Kier alpha value is -2.24. The van der Waals surface area contributed by atoms with Gasteiger partial charge in [0.05, 0.1) is 10.3 Å². The average molecular weight is 384 g/mol. The summed E-state index contributed by atoms with van der Waals surface area (Å²) in [5, 5.41) is 9.61. The zero-order chi connectivity index (χ0) is 19.8. The lowest BCUT2D eigenvalue weighted by molar-refractivity contribution is -0.142. The maximum atomic E-state index is 12.9.